The van der Waals surface area contributed by atoms with E-state index in [-0.39, 0.29) is 0 Å². The zero-order valence-electron chi connectivity index (χ0n) is 11.8. The second kappa shape index (κ2) is 5.48. The van der Waals surface area contributed by atoms with E-state index in [0.717, 1.165) is 6.61 Å². The summed E-state index contributed by atoms with van der Waals surface area (Å²) in [5.74, 6) is 0. The predicted octanol–water partition coefficient (Wildman–Crippen LogP) is 2.16. The molecule has 2 heterocycles. The van der Waals surface area contributed by atoms with Gasteiger partial charge >= 0.3 is 0 Å². The zero-order valence-corrected chi connectivity index (χ0v) is 11.8. The van der Waals surface area contributed by atoms with Crippen molar-refractivity contribution in [2.75, 3.05) is 26.2 Å². The van der Waals surface area contributed by atoms with E-state index in [9.17, 15) is 0 Å². The molecule has 2 saturated heterocycles. The van der Waals surface area contributed by atoms with E-state index >= 15 is 0 Å². The lowest BCUT2D eigenvalue weighted by molar-refractivity contribution is 0.0596. The number of rotatable bonds is 1. The molecule has 1 N–H and O–H groups in total. The Morgan fingerprint density at radius 1 is 1.17 bits per heavy atom. The van der Waals surface area contributed by atoms with Gasteiger partial charge in [0.25, 0.3) is 0 Å². The van der Waals surface area contributed by atoms with Gasteiger partial charge in [0, 0.05) is 24.7 Å². The fourth-order valence-electron chi connectivity index (χ4n) is 4.21. The van der Waals surface area contributed by atoms with Gasteiger partial charge in [-0.3, -0.25) is 4.90 Å². The molecular weight excluding hydrogens is 224 g/mol. The van der Waals surface area contributed by atoms with Crippen molar-refractivity contribution in [1.29, 1.82) is 0 Å². The molecule has 104 valence electrons. The maximum Gasteiger partial charge on any atom is 0.0703 e. The Kier molecular flexibility index (Phi) is 3.92. The van der Waals surface area contributed by atoms with Crippen molar-refractivity contribution >= 4 is 0 Å². The van der Waals surface area contributed by atoms with Gasteiger partial charge < -0.3 is 10.1 Å². The molecular formula is C15H28N2O. The van der Waals surface area contributed by atoms with Crippen LogP contribution in [0.4, 0.5) is 0 Å². The molecule has 0 bridgehead atoms. The highest BCUT2D eigenvalue weighted by Crippen LogP contribution is 2.32. The molecule has 2 aliphatic heterocycles. The quantitative estimate of drug-likeness (QED) is 0.774. The molecule has 0 aromatic heterocycles. The lowest BCUT2D eigenvalue weighted by atomic mass is 9.81. The summed E-state index contributed by atoms with van der Waals surface area (Å²) in [6.07, 6.45) is 9.99. The minimum Gasteiger partial charge on any atom is -0.377 e. The Bertz CT molecular complexity index is 276. The van der Waals surface area contributed by atoms with Crippen molar-refractivity contribution in [2.24, 2.45) is 0 Å². The second-order valence-corrected chi connectivity index (χ2v) is 6.52. The van der Waals surface area contributed by atoms with Gasteiger partial charge in [-0.1, -0.05) is 19.3 Å². The van der Waals surface area contributed by atoms with Crippen molar-refractivity contribution < 1.29 is 4.74 Å². The van der Waals surface area contributed by atoms with Crippen LogP contribution < -0.4 is 5.32 Å². The molecule has 18 heavy (non-hydrogen) atoms. The minimum absolute atomic E-state index is 0.428. The number of ether oxygens (including phenoxy) is 1. The highest BCUT2D eigenvalue weighted by atomic mass is 16.5. The van der Waals surface area contributed by atoms with Crippen LogP contribution in [0.15, 0.2) is 0 Å². The largest absolute Gasteiger partial charge is 0.377 e. The summed E-state index contributed by atoms with van der Waals surface area (Å²) in [5, 5.41) is 3.88. The third kappa shape index (κ3) is 2.59. The van der Waals surface area contributed by atoms with E-state index in [1.165, 1.54) is 64.6 Å². The molecule has 0 amide bonds. The summed E-state index contributed by atoms with van der Waals surface area (Å²) in [7, 11) is 0. The fraction of sp³-hybridized carbons (Fsp3) is 1.00. The average Bonchev–Trinajstić information content (AvgIpc) is 2.71. The third-order valence-corrected chi connectivity index (χ3v) is 5.24. The highest BCUT2D eigenvalue weighted by Gasteiger charge is 2.39. The number of hydrogen-bond acceptors (Lipinski definition) is 3. The molecule has 1 spiro atoms. The van der Waals surface area contributed by atoms with Crippen LogP contribution in [0.1, 0.15) is 51.9 Å². The Hall–Kier alpha value is -0.120. The third-order valence-electron chi connectivity index (χ3n) is 5.24. The zero-order chi connectivity index (χ0) is 12.4. The maximum absolute atomic E-state index is 5.77. The summed E-state index contributed by atoms with van der Waals surface area (Å²) in [4.78, 5) is 2.74. The summed E-state index contributed by atoms with van der Waals surface area (Å²) >= 11 is 0. The maximum atomic E-state index is 5.77. The van der Waals surface area contributed by atoms with Crippen LogP contribution in [0.2, 0.25) is 0 Å². The predicted molar refractivity (Wildman–Crippen MR) is 73.8 cm³/mol. The second-order valence-electron chi connectivity index (χ2n) is 6.52. The molecule has 3 aliphatic rings. The lowest BCUT2D eigenvalue weighted by Crippen LogP contribution is -2.55. The Morgan fingerprint density at radius 3 is 2.72 bits per heavy atom. The molecule has 0 radical (unpaired) electrons. The Balaban J connectivity index is 1.70. The van der Waals surface area contributed by atoms with Gasteiger partial charge in [-0.25, -0.2) is 0 Å². The average molecular weight is 252 g/mol. The minimum atomic E-state index is 0.428. The first kappa shape index (κ1) is 12.9. The summed E-state index contributed by atoms with van der Waals surface area (Å²) < 4.78 is 5.77. The van der Waals surface area contributed by atoms with E-state index in [1.807, 2.05) is 0 Å². The van der Waals surface area contributed by atoms with E-state index in [0.29, 0.717) is 17.7 Å². The summed E-state index contributed by atoms with van der Waals surface area (Å²) in [6, 6.07) is 0.670. The van der Waals surface area contributed by atoms with Crippen LogP contribution >= 0.6 is 0 Å². The van der Waals surface area contributed by atoms with Gasteiger partial charge in [0.2, 0.25) is 0 Å². The highest BCUT2D eigenvalue weighted by molar-refractivity contribution is 4.97. The van der Waals surface area contributed by atoms with Crippen molar-refractivity contribution in [3.8, 4) is 0 Å². The molecule has 0 aromatic rings. The normalized spacial score (nSPS) is 37.8. The van der Waals surface area contributed by atoms with Gasteiger partial charge in [-0.2, -0.15) is 0 Å². The van der Waals surface area contributed by atoms with E-state index in [4.69, 9.17) is 4.74 Å². The summed E-state index contributed by atoms with van der Waals surface area (Å²) in [6.45, 7) is 6.93. The van der Waals surface area contributed by atoms with Crippen molar-refractivity contribution in [3.63, 3.8) is 0 Å². The van der Waals surface area contributed by atoms with E-state index in [1.54, 1.807) is 0 Å². The van der Waals surface area contributed by atoms with Crippen LogP contribution in [0.25, 0.3) is 0 Å². The van der Waals surface area contributed by atoms with Crippen LogP contribution in [0.5, 0.6) is 0 Å². The van der Waals surface area contributed by atoms with Gasteiger partial charge in [0.1, 0.15) is 0 Å². The van der Waals surface area contributed by atoms with Crippen LogP contribution in [-0.2, 0) is 4.74 Å². The first-order valence-electron chi connectivity index (χ1n) is 7.90. The van der Waals surface area contributed by atoms with Crippen molar-refractivity contribution in [3.05, 3.63) is 0 Å². The fourth-order valence-corrected chi connectivity index (χ4v) is 4.21. The Labute approximate surface area is 111 Å². The topological polar surface area (TPSA) is 24.5 Å². The van der Waals surface area contributed by atoms with Gasteiger partial charge in [-0.05, 0) is 45.7 Å². The van der Waals surface area contributed by atoms with E-state index < -0.39 is 0 Å². The van der Waals surface area contributed by atoms with E-state index in [2.05, 4.69) is 17.1 Å². The number of hydrogen-bond donors (Lipinski definition) is 1. The molecule has 1 saturated carbocycles. The van der Waals surface area contributed by atoms with Crippen LogP contribution in [0.3, 0.4) is 0 Å². The standard InChI is InChI=1S/C15H28N2O/c1-13-14(6-11-18-13)17-10-5-9-16-15(12-17)7-3-2-4-8-15/h13-14,16H,2-12H2,1H3. The first-order chi connectivity index (χ1) is 8.79. The monoisotopic (exact) mass is 252 g/mol. The summed E-state index contributed by atoms with van der Waals surface area (Å²) in [5.41, 5.74) is 0.428. The molecule has 2 unspecified atom stereocenters. The van der Waals surface area contributed by atoms with Gasteiger partial charge in [0.15, 0.2) is 0 Å². The molecule has 3 rings (SSSR count). The molecule has 3 fully saturated rings. The van der Waals surface area contributed by atoms with Crippen LogP contribution in [-0.4, -0.2) is 48.8 Å². The molecule has 2 atom stereocenters. The molecule has 3 nitrogen and oxygen atoms in total. The SMILES string of the molecule is CC1OCCC1N1CCCNC2(CCCCC2)C1. The van der Waals surface area contributed by atoms with Crippen LogP contribution in [0, 0.1) is 0 Å². The van der Waals surface area contributed by atoms with Gasteiger partial charge in [-0.15, -0.1) is 0 Å². The molecule has 0 aromatic carbocycles. The smallest absolute Gasteiger partial charge is 0.0703 e. The van der Waals surface area contributed by atoms with Crippen molar-refractivity contribution in [2.45, 2.75) is 69.6 Å². The lowest BCUT2D eigenvalue weighted by Gasteiger charge is -2.42. The molecule has 1 aliphatic carbocycles. The molecule has 3 heteroatoms. The number of nitrogens with one attached hydrogen (secondary N) is 1. The Morgan fingerprint density at radius 2 is 2.00 bits per heavy atom. The van der Waals surface area contributed by atoms with Crippen molar-refractivity contribution in [1.82, 2.24) is 10.2 Å². The van der Waals surface area contributed by atoms with Gasteiger partial charge in [0.05, 0.1) is 6.10 Å². The number of nitrogens with zero attached hydrogens (tertiary/aromatic N) is 1. The first-order valence-corrected chi connectivity index (χ1v) is 7.90.